The SMILES string of the molecule is Cn1c[n+]([C@@H]2O[C@H](CO)C(O)[C@@H]2O)c2[nH]c(N)nc(=S)c21. The number of nitrogens with zero attached hydrogens (tertiary/aromatic N) is 3. The fraction of sp³-hybridized carbons (Fsp3) is 0.545. The predicted molar refractivity (Wildman–Crippen MR) is 73.5 cm³/mol. The largest absolute Gasteiger partial charge is 0.394 e. The average Bonchev–Trinajstić information content (AvgIpc) is 2.89. The van der Waals surface area contributed by atoms with Gasteiger partial charge in [-0.1, -0.05) is 12.2 Å². The maximum Gasteiger partial charge on any atom is 0.273 e. The van der Waals surface area contributed by atoms with Crippen molar-refractivity contribution >= 4 is 29.3 Å². The molecule has 10 heteroatoms. The van der Waals surface area contributed by atoms with Crippen molar-refractivity contribution in [2.75, 3.05) is 12.3 Å². The van der Waals surface area contributed by atoms with Gasteiger partial charge < -0.3 is 25.8 Å². The zero-order chi connectivity index (χ0) is 15.3. The highest BCUT2D eigenvalue weighted by Gasteiger charge is 2.46. The van der Waals surface area contributed by atoms with Crippen LogP contribution in [0.5, 0.6) is 0 Å². The predicted octanol–water partition coefficient (Wildman–Crippen LogP) is -1.89. The molecule has 2 aromatic heterocycles. The third-order valence-corrected chi connectivity index (χ3v) is 3.88. The van der Waals surface area contributed by atoms with Gasteiger partial charge in [-0.25, -0.2) is 9.55 Å². The van der Waals surface area contributed by atoms with Crippen molar-refractivity contribution in [2.45, 2.75) is 24.5 Å². The lowest BCUT2D eigenvalue weighted by Crippen LogP contribution is -2.46. The van der Waals surface area contributed by atoms with Gasteiger partial charge in [0.25, 0.3) is 11.6 Å². The number of hydrogen-bond donors (Lipinski definition) is 5. The van der Waals surface area contributed by atoms with Crippen LogP contribution >= 0.6 is 12.2 Å². The molecule has 6 N–H and O–H groups in total. The van der Waals surface area contributed by atoms with Gasteiger partial charge in [-0.15, -0.1) is 0 Å². The first-order valence-corrected chi connectivity index (χ1v) is 6.73. The number of ether oxygens (including phenoxy) is 1. The standard InChI is InChI=1S/C11H15N5O4S/c1-15-3-16(8-5(15)9(21)14-11(12)13-8)10-7(19)6(18)4(2-17)20-10/h3-4,6-7,10,17-19H,2H2,1H3,(H2-,12,13,14,21)/p+1/t4-,6?,7+,10-/m1/s1. The lowest BCUT2D eigenvalue weighted by Gasteiger charge is -2.12. The van der Waals surface area contributed by atoms with E-state index in [0.29, 0.717) is 15.8 Å². The van der Waals surface area contributed by atoms with E-state index >= 15 is 0 Å². The number of H-pyrrole nitrogens is 1. The Kier molecular flexibility index (Phi) is 3.42. The summed E-state index contributed by atoms with van der Waals surface area (Å²) >= 11 is 5.18. The van der Waals surface area contributed by atoms with Crippen molar-refractivity contribution in [2.24, 2.45) is 7.05 Å². The van der Waals surface area contributed by atoms with Crippen molar-refractivity contribution in [3.8, 4) is 0 Å². The number of nitrogens with one attached hydrogen (secondary N) is 1. The minimum absolute atomic E-state index is 0.138. The molecule has 0 spiro atoms. The number of nitrogen functional groups attached to an aromatic ring is 1. The van der Waals surface area contributed by atoms with E-state index < -0.39 is 24.5 Å². The Hall–Kier alpha value is -1.59. The first-order valence-electron chi connectivity index (χ1n) is 6.32. The van der Waals surface area contributed by atoms with Crippen LogP contribution in [-0.4, -0.2) is 54.8 Å². The number of hydrogen-bond acceptors (Lipinski definition) is 7. The summed E-state index contributed by atoms with van der Waals surface area (Å²) in [4.78, 5) is 6.85. The van der Waals surface area contributed by atoms with Gasteiger partial charge in [0.15, 0.2) is 11.0 Å². The van der Waals surface area contributed by atoms with Crippen molar-refractivity contribution in [3.05, 3.63) is 11.0 Å². The molecule has 3 rings (SSSR count). The maximum absolute atomic E-state index is 10.1. The molecule has 3 heterocycles. The van der Waals surface area contributed by atoms with E-state index in [1.165, 1.54) is 0 Å². The number of fused-ring (bicyclic) bond motifs is 1. The van der Waals surface area contributed by atoms with Gasteiger partial charge in [-0.05, 0) is 0 Å². The zero-order valence-corrected chi connectivity index (χ0v) is 12.0. The van der Waals surface area contributed by atoms with Crippen LogP contribution in [0.4, 0.5) is 5.95 Å². The Labute approximate surface area is 124 Å². The van der Waals surface area contributed by atoms with E-state index in [1.807, 2.05) is 0 Å². The minimum atomic E-state index is -1.19. The summed E-state index contributed by atoms with van der Waals surface area (Å²) in [5.41, 5.74) is 6.81. The van der Waals surface area contributed by atoms with E-state index in [9.17, 15) is 10.2 Å². The molecule has 1 aliphatic heterocycles. The number of aliphatic hydroxyl groups excluding tert-OH is 3. The molecular formula is C11H16N5O4S+. The Morgan fingerprint density at radius 1 is 1.52 bits per heavy atom. The fourth-order valence-electron chi connectivity index (χ4n) is 2.58. The summed E-state index contributed by atoms with van der Waals surface area (Å²) in [7, 11) is 1.77. The first kappa shape index (κ1) is 14.4. The van der Waals surface area contributed by atoms with Gasteiger partial charge in [0, 0.05) is 0 Å². The second-order valence-corrected chi connectivity index (χ2v) is 5.37. The number of aromatic amines is 1. The molecule has 0 amide bonds. The second-order valence-electron chi connectivity index (χ2n) is 4.99. The van der Waals surface area contributed by atoms with Crippen LogP contribution in [0.1, 0.15) is 6.23 Å². The molecule has 114 valence electrons. The molecule has 0 radical (unpaired) electrons. The Morgan fingerprint density at radius 2 is 2.24 bits per heavy atom. The van der Waals surface area contributed by atoms with E-state index in [0.717, 1.165) is 0 Å². The molecule has 0 bridgehead atoms. The van der Waals surface area contributed by atoms with Crippen molar-refractivity contribution in [1.82, 2.24) is 14.5 Å². The molecule has 21 heavy (non-hydrogen) atoms. The van der Waals surface area contributed by atoms with Crippen molar-refractivity contribution in [1.29, 1.82) is 0 Å². The van der Waals surface area contributed by atoms with Gasteiger partial charge in [0.1, 0.15) is 18.3 Å². The number of anilines is 1. The third-order valence-electron chi connectivity index (χ3n) is 3.60. The van der Waals surface area contributed by atoms with Crippen LogP contribution in [-0.2, 0) is 11.8 Å². The van der Waals surface area contributed by atoms with Gasteiger partial charge >= 0.3 is 0 Å². The summed E-state index contributed by atoms with van der Waals surface area (Å²) in [5.74, 6) is 0.138. The Morgan fingerprint density at radius 3 is 2.86 bits per heavy atom. The van der Waals surface area contributed by atoms with Crippen molar-refractivity contribution in [3.63, 3.8) is 0 Å². The highest BCUT2D eigenvalue weighted by Crippen LogP contribution is 2.26. The molecule has 0 aliphatic carbocycles. The van der Waals surface area contributed by atoms with Crippen molar-refractivity contribution < 1.29 is 24.6 Å². The molecule has 4 atom stereocenters. The van der Waals surface area contributed by atoms with Crippen LogP contribution in [0, 0.1) is 4.64 Å². The lowest BCUT2D eigenvalue weighted by atomic mass is 10.1. The molecule has 0 saturated carbocycles. The fourth-order valence-corrected chi connectivity index (χ4v) is 2.92. The number of nitrogens with two attached hydrogens (primary N) is 1. The van der Waals surface area contributed by atoms with Gasteiger partial charge in [0.2, 0.25) is 11.7 Å². The molecule has 9 nitrogen and oxygen atoms in total. The number of aliphatic hydroxyl groups is 3. The van der Waals surface area contributed by atoms with E-state index in [4.69, 9.17) is 27.8 Å². The molecule has 1 fully saturated rings. The van der Waals surface area contributed by atoms with Gasteiger partial charge in [-0.2, -0.15) is 4.98 Å². The monoisotopic (exact) mass is 314 g/mol. The van der Waals surface area contributed by atoms with Crippen LogP contribution < -0.4 is 10.3 Å². The molecule has 0 aromatic carbocycles. The second kappa shape index (κ2) is 5.00. The Balaban J connectivity index is 2.16. The highest BCUT2D eigenvalue weighted by molar-refractivity contribution is 7.71. The summed E-state index contributed by atoms with van der Waals surface area (Å²) < 4.78 is 9.11. The minimum Gasteiger partial charge on any atom is -0.394 e. The van der Waals surface area contributed by atoms with Crippen LogP contribution in [0.15, 0.2) is 6.33 Å². The summed E-state index contributed by atoms with van der Waals surface area (Å²) in [6, 6.07) is 0. The summed E-state index contributed by atoms with van der Waals surface area (Å²) in [6.45, 7) is -0.389. The normalized spacial score (nSPS) is 29.3. The van der Waals surface area contributed by atoms with Crippen LogP contribution in [0.2, 0.25) is 0 Å². The van der Waals surface area contributed by atoms with E-state index in [2.05, 4.69) is 9.97 Å². The molecule has 2 aromatic rings. The average molecular weight is 314 g/mol. The first-order chi connectivity index (χ1) is 9.93. The molecule has 1 saturated heterocycles. The smallest absolute Gasteiger partial charge is 0.273 e. The van der Waals surface area contributed by atoms with Gasteiger partial charge in [0.05, 0.1) is 13.7 Å². The lowest BCUT2D eigenvalue weighted by molar-refractivity contribution is -0.745. The Bertz CT molecular complexity index is 744. The van der Waals surface area contributed by atoms with Crippen LogP contribution in [0.3, 0.4) is 0 Å². The molecule has 1 aliphatic rings. The van der Waals surface area contributed by atoms with E-state index in [1.54, 1.807) is 22.5 Å². The number of aromatic nitrogens is 4. The topological polar surface area (TPSA) is 133 Å². The quantitative estimate of drug-likeness (QED) is 0.323. The summed E-state index contributed by atoms with van der Waals surface area (Å²) in [5, 5.41) is 29.1. The van der Waals surface area contributed by atoms with E-state index in [-0.39, 0.29) is 12.6 Å². The zero-order valence-electron chi connectivity index (χ0n) is 11.2. The number of imidazole rings is 1. The third kappa shape index (κ3) is 2.12. The van der Waals surface area contributed by atoms with Gasteiger partial charge in [-0.3, -0.25) is 4.57 Å². The van der Waals surface area contributed by atoms with Crippen LogP contribution in [0.25, 0.3) is 11.2 Å². The number of aryl methyl sites for hydroxylation is 1. The maximum atomic E-state index is 10.1. The molecule has 1 unspecified atom stereocenters. The summed E-state index contributed by atoms with van der Waals surface area (Å²) in [6.07, 6.45) is -2.43. The highest BCUT2D eigenvalue weighted by atomic mass is 32.1. The number of rotatable bonds is 2. The molecular weight excluding hydrogens is 298 g/mol.